The van der Waals surface area contributed by atoms with Crippen LogP contribution < -0.4 is 4.90 Å². The maximum absolute atomic E-state index is 9.06. The Labute approximate surface area is 97.4 Å². The molecule has 0 atom stereocenters. The Morgan fingerprint density at radius 3 is 2.81 bits per heavy atom. The molecule has 1 N–H and O–H groups in total. The monoisotopic (exact) mass is 220 g/mol. The predicted octanol–water partition coefficient (Wildman–Crippen LogP) is 2.28. The zero-order valence-electron chi connectivity index (χ0n) is 10.1. The topological polar surface area (TPSA) is 36.4 Å². The Bertz CT molecular complexity index is 350. The van der Waals surface area contributed by atoms with Gasteiger partial charge in [0, 0.05) is 19.3 Å². The Hall–Kier alpha value is -1.35. The number of aliphatic hydroxyl groups is 1. The molecule has 0 aromatic carbocycles. The second kappa shape index (κ2) is 6.28. The van der Waals surface area contributed by atoms with E-state index < -0.39 is 0 Å². The van der Waals surface area contributed by atoms with Crippen LogP contribution in [0.5, 0.6) is 0 Å². The van der Waals surface area contributed by atoms with Gasteiger partial charge >= 0.3 is 0 Å². The van der Waals surface area contributed by atoms with Gasteiger partial charge in [-0.05, 0) is 31.4 Å². The average molecular weight is 220 g/mol. The molecule has 3 heteroatoms. The number of hydrogen-bond donors (Lipinski definition) is 1. The van der Waals surface area contributed by atoms with Gasteiger partial charge in [0.15, 0.2) is 0 Å². The second-order valence-corrected chi connectivity index (χ2v) is 3.92. The molecule has 1 heterocycles. The summed E-state index contributed by atoms with van der Waals surface area (Å²) in [5, 5.41) is 9.06. The summed E-state index contributed by atoms with van der Waals surface area (Å²) in [4.78, 5) is 6.59. The highest BCUT2D eigenvalue weighted by Gasteiger charge is 2.04. The van der Waals surface area contributed by atoms with Crippen molar-refractivity contribution in [3.8, 4) is 0 Å². The van der Waals surface area contributed by atoms with Crippen LogP contribution in [0.1, 0.15) is 24.1 Å². The molecule has 0 aliphatic carbocycles. The van der Waals surface area contributed by atoms with Gasteiger partial charge in [-0.3, -0.25) is 0 Å². The number of allylic oxidation sites excluding steroid dienone is 1. The number of anilines is 1. The highest BCUT2D eigenvalue weighted by molar-refractivity contribution is 5.40. The first-order chi connectivity index (χ1) is 7.69. The lowest BCUT2D eigenvalue weighted by Gasteiger charge is -2.18. The van der Waals surface area contributed by atoms with Crippen LogP contribution >= 0.6 is 0 Å². The van der Waals surface area contributed by atoms with E-state index in [0.29, 0.717) is 0 Å². The SMILES string of the molecule is C=CCCCN(C)c1ccc(CO)c(C)n1. The first kappa shape index (κ1) is 12.7. The standard InChI is InChI=1S/C13H20N2O/c1-4-5-6-9-15(3)13-8-7-12(10-16)11(2)14-13/h4,7-8,16H,1,5-6,9-10H2,2-3H3. The van der Waals surface area contributed by atoms with E-state index in [1.165, 1.54) is 0 Å². The molecular weight excluding hydrogens is 200 g/mol. The third-order valence-electron chi connectivity index (χ3n) is 2.64. The van der Waals surface area contributed by atoms with Crippen LogP contribution in [0, 0.1) is 6.92 Å². The molecule has 0 radical (unpaired) electrons. The van der Waals surface area contributed by atoms with Crippen LogP contribution in [0.2, 0.25) is 0 Å². The van der Waals surface area contributed by atoms with Gasteiger partial charge < -0.3 is 10.0 Å². The van der Waals surface area contributed by atoms with E-state index in [0.717, 1.165) is 36.5 Å². The van der Waals surface area contributed by atoms with E-state index in [1.54, 1.807) is 0 Å². The Morgan fingerprint density at radius 2 is 2.25 bits per heavy atom. The summed E-state index contributed by atoms with van der Waals surface area (Å²) in [5.41, 5.74) is 1.79. The van der Waals surface area contributed by atoms with E-state index in [4.69, 9.17) is 5.11 Å². The van der Waals surface area contributed by atoms with Gasteiger partial charge in [0.05, 0.1) is 6.61 Å². The molecule has 0 fully saturated rings. The number of unbranched alkanes of at least 4 members (excludes halogenated alkanes) is 1. The van der Waals surface area contributed by atoms with Crippen molar-refractivity contribution in [3.63, 3.8) is 0 Å². The lowest BCUT2D eigenvalue weighted by Crippen LogP contribution is -2.20. The average Bonchev–Trinajstić information content (AvgIpc) is 2.29. The molecule has 0 bridgehead atoms. The van der Waals surface area contributed by atoms with Crippen LogP contribution in [0.3, 0.4) is 0 Å². The normalized spacial score (nSPS) is 10.2. The number of aromatic nitrogens is 1. The van der Waals surface area contributed by atoms with Crippen molar-refractivity contribution in [1.82, 2.24) is 4.98 Å². The van der Waals surface area contributed by atoms with Crippen LogP contribution in [-0.4, -0.2) is 23.7 Å². The summed E-state index contributed by atoms with van der Waals surface area (Å²) in [6.45, 7) is 6.65. The lowest BCUT2D eigenvalue weighted by atomic mass is 10.2. The Balaban J connectivity index is 2.65. The second-order valence-electron chi connectivity index (χ2n) is 3.92. The maximum Gasteiger partial charge on any atom is 0.128 e. The smallest absolute Gasteiger partial charge is 0.128 e. The Kier molecular flexibility index (Phi) is 4.99. The van der Waals surface area contributed by atoms with Crippen molar-refractivity contribution in [2.24, 2.45) is 0 Å². The molecule has 0 aliphatic rings. The van der Waals surface area contributed by atoms with Crippen molar-refractivity contribution in [2.75, 3.05) is 18.5 Å². The van der Waals surface area contributed by atoms with Crippen LogP contribution in [0.4, 0.5) is 5.82 Å². The van der Waals surface area contributed by atoms with Crippen molar-refractivity contribution in [2.45, 2.75) is 26.4 Å². The van der Waals surface area contributed by atoms with Gasteiger partial charge in [0.1, 0.15) is 5.82 Å². The zero-order valence-corrected chi connectivity index (χ0v) is 10.1. The molecule has 0 aliphatic heterocycles. The van der Waals surface area contributed by atoms with Gasteiger partial charge in [-0.1, -0.05) is 12.1 Å². The minimum Gasteiger partial charge on any atom is -0.392 e. The fraction of sp³-hybridized carbons (Fsp3) is 0.462. The summed E-state index contributed by atoms with van der Waals surface area (Å²) in [5.74, 6) is 0.957. The highest BCUT2D eigenvalue weighted by atomic mass is 16.3. The molecular formula is C13H20N2O. The van der Waals surface area contributed by atoms with Crippen molar-refractivity contribution in [1.29, 1.82) is 0 Å². The van der Waals surface area contributed by atoms with Crippen molar-refractivity contribution < 1.29 is 5.11 Å². The maximum atomic E-state index is 9.06. The van der Waals surface area contributed by atoms with Gasteiger partial charge in [-0.25, -0.2) is 4.98 Å². The number of hydrogen-bond acceptors (Lipinski definition) is 3. The van der Waals surface area contributed by atoms with Crippen molar-refractivity contribution in [3.05, 3.63) is 36.0 Å². The Morgan fingerprint density at radius 1 is 1.50 bits per heavy atom. The summed E-state index contributed by atoms with van der Waals surface area (Å²) < 4.78 is 0. The molecule has 0 saturated carbocycles. The van der Waals surface area contributed by atoms with Gasteiger partial charge in [-0.15, -0.1) is 6.58 Å². The third kappa shape index (κ3) is 3.35. The van der Waals surface area contributed by atoms with Crippen LogP contribution in [-0.2, 0) is 6.61 Å². The van der Waals surface area contributed by atoms with Crippen LogP contribution in [0.25, 0.3) is 0 Å². The van der Waals surface area contributed by atoms with Gasteiger partial charge in [0.2, 0.25) is 0 Å². The molecule has 0 unspecified atom stereocenters. The largest absolute Gasteiger partial charge is 0.392 e. The lowest BCUT2D eigenvalue weighted by molar-refractivity contribution is 0.280. The predicted molar refractivity (Wildman–Crippen MR) is 67.6 cm³/mol. The summed E-state index contributed by atoms with van der Waals surface area (Å²) in [7, 11) is 2.03. The quantitative estimate of drug-likeness (QED) is 0.590. The minimum atomic E-state index is 0.0549. The molecule has 0 saturated heterocycles. The molecule has 88 valence electrons. The summed E-state index contributed by atoms with van der Waals surface area (Å²) in [6, 6.07) is 3.88. The van der Waals surface area contributed by atoms with Crippen LogP contribution in [0.15, 0.2) is 24.8 Å². The first-order valence-electron chi connectivity index (χ1n) is 5.58. The number of rotatable bonds is 6. The summed E-state index contributed by atoms with van der Waals surface area (Å²) in [6.07, 6.45) is 4.04. The molecule has 1 aromatic heterocycles. The third-order valence-corrected chi connectivity index (χ3v) is 2.64. The highest BCUT2D eigenvalue weighted by Crippen LogP contribution is 2.14. The number of aliphatic hydroxyl groups excluding tert-OH is 1. The molecule has 1 aromatic rings. The van der Waals surface area contributed by atoms with E-state index in [-0.39, 0.29) is 6.61 Å². The van der Waals surface area contributed by atoms with Gasteiger partial charge in [-0.2, -0.15) is 0 Å². The minimum absolute atomic E-state index is 0.0549. The van der Waals surface area contributed by atoms with E-state index in [9.17, 15) is 0 Å². The fourth-order valence-corrected chi connectivity index (χ4v) is 1.54. The molecule has 16 heavy (non-hydrogen) atoms. The number of pyridine rings is 1. The molecule has 0 spiro atoms. The zero-order chi connectivity index (χ0) is 12.0. The fourth-order valence-electron chi connectivity index (χ4n) is 1.54. The number of aryl methyl sites for hydroxylation is 1. The van der Waals surface area contributed by atoms with E-state index in [2.05, 4.69) is 16.5 Å². The van der Waals surface area contributed by atoms with Crippen molar-refractivity contribution >= 4 is 5.82 Å². The van der Waals surface area contributed by atoms with E-state index >= 15 is 0 Å². The van der Waals surface area contributed by atoms with Gasteiger partial charge in [0.25, 0.3) is 0 Å². The number of nitrogens with zero attached hydrogens (tertiary/aromatic N) is 2. The molecule has 0 amide bonds. The first-order valence-corrected chi connectivity index (χ1v) is 5.58. The summed E-state index contributed by atoms with van der Waals surface area (Å²) >= 11 is 0. The van der Waals surface area contributed by atoms with E-state index in [1.807, 2.05) is 32.2 Å². The molecule has 3 nitrogen and oxygen atoms in total. The molecule has 1 rings (SSSR count).